The van der Waals surface area contributed by atoms with Gasteiger partial charge in [0.2, 0.25) is 11.9 Å². The molecule has 8 nitrogen and oxygen atoms in total. The van der Waals surface area contributed by atoms with Crippen molar-refractivity contribution >= 4 is 29.6 Å². The van der Waals surface area contributed by atoms with Gasteiger partial charge in [-0.25, -0.2) is 14.8 Å². The topological polar surface area (TPSA) is 91.7 Å². The van der Waals surface area contributed by atoms with E-state index in [9.17, 15) is 22.4 Å². The lowest BCUT2D eigenvalue weighted by Gasteiger charge is -2.27. The van der Waals surface area contributed by atoms with E-state index in [0.29, 0.717) is 26.3 Å². The van der Waals surface area contributed by atoms with Crippen molar-refractivity contribution in [1.82, 2.24) is 9.97 Å². The van der Waals surface area contributed by atoms with Crippen molar-refractivity contribution < 1.29 is 27.1 Å². The first kappa shape index (κ1) is 21.4. The summed E-state index contributed by atoms with van der Waals surface area (Å²) in [4.78, 5) is 21.4. The molecular formula is C18H18F4N6O2. The summed E-state index contributed by atoms with van der Waals surface area (Å²) in [6, 6.07) is 4.30. The van der Waals surface area contributed by atoms with Crippen molar-refractivity contribution in [2.24, 2.45) is 5.10 Å². The molecule has 1 fully saturated rings. The van der Waals surface area contributed by atoms with Crippen LogP contribution >= 0.6 is 0 Å². The number of rotatable bonds is 6. The number of hydrazone groups is 1. The lowest BCUT2D eigenvalue weighted by molar-refractivity contribution is -0.137. The Labute approximate surface area is 169 Å². The number of anilines is 3. The summed E-state index contributed by atoms with van der Waals surface area (Å²) in [7, 11) is 0. The Balaban J connectivity index is 1.53. The predicted octanol–water partition coefficient (Wildman–Crippen LogP) is 2.90. The first-order valence-electron chi connectivity index (χ1n) is 8.93. The molecule has 0 radical (unpaired) electrons. The average Bonchev–Trinajstić information content (AvgIpc) is 2.72. The van der Waals surface area contributed by atoms with Crippen LogP contribution in [0.15, 0.2) is 35.6 Å². The van der Waals surface area contributed by atoms with Crippen molar-refractivity contribution in [3.63, 3.8) is 0 Å². The molecular weight excluding hydrogens is 408 g/mol. The molecule has 0 atom stereocenters. The van der Waals surface area contributed by atoms with E-state index in [1.807, 2.05) is 0 Å². The molecule has 1 saturated heterocycles. The van der Waals surface area contributed by atoms with Gasteiger partial charge in [-0.05, 0) is 18.2 Å². The molecule has 160 valence electrons. The van der Waals surface area contributed by atoms with Crippen molar-refractivity contribution in [3.05, 3.63) is 41.8 Å². The second-order valence-electron chi connectivity index (χ2n) is 6.22. The normalized spacial score (nSPS) is 14.7. The Morgan fingerprint density at radius 1 is 1.30 bits per heavy atom. The number of carbonyl (C=O) groups excluding carboxylic acids is 1. The van der Waals surface area contributed by atoms with Crippen molar-refractivity contribution in [2.45, 2.75) is 12.6 Å². The summed E-state index contributed by atoms with van der Waals surface area (Å²) in [5.74, 6) is -0.985. The van der Waals surface area contributed by atoms with E-state index >= 15 is 0 Å². The van der Waals surface area contributed by atoms with Crippen LogP contribution < -0.4 is 15.6 Å². The molecule has 1 aromatic heterocycles. The van der Waals surface area contributed by atoms with Crippen molar-refractivity contribution in [3.8, 4) is 0 Å². The van der Waals surface area contributed by atoms with Gasteiger partial charge in [-0.3, -0.25) is 4.79 Å². The Kier molecular flexibility index (Phi) is 6.77. The van der Waals surface area contributed by atoms with Crippen LogP contribution in [0.2, 0.25) is 0 Å². The molecule has 2 aromatic rings. The minimum Gasteiger partial charge on any atom is -0.378 e. The van der Waals surface area contributed by atoms with E-state index < -0.39 is 23.5 Å². The monoisotopic (exact) mass is 426 g/mol. The molecule has 3 rings (SSSR count). The fourth-order valence-electron chi connectivity index (χ4n) is 2.63. The van der Waals surface area contributed by atoms with Crippen LogP contribution in [-0.2, 0) is 15.7 Å². The highest BCUT2D eigenvalue weighted by atomic mass is 19.4. The van der Waals surface area contributed by atoms with Crippen LogP contribution in [0.5, 0.6) is 0 Å². The van der Waals surface area contributed by atoms with Gasteiger partial charge in [-0.1, -0.05) is 6.07 Å². The molecule has 2 N–H and O–H groups in total. The van der Waals surface area contributed by atoms with E-state index in [1.54, 1.807) is 4.90 Å². The van der Waals surface area contributed by atoms with Gasteiger partial charge in [0.15, 0.2) is 11.6 Å². The Morgan fingerprint density at radius 2 is 2.07 bits per heavy atom. The summed E-state index contributed by atoms with van der Waals surface area (Å²) in [6.45, 7) is 1.91. The quantitative estimate of drug-likeness (QED) is 0.419. The van der Waals surface area contributed by atoms with Crippen LogP contribution in [0, 0.1) is 5.82 Å². The summed E-state index contributed by atoms with van der Waals surface area (Å²) in [5, 5.41) is 6.14. The first-order chi connectivity index (χ1) is 14.3. The number of hydrogen-bond donors (Lipinski definition) is 2. The Morgan fingerprint density at radius 3 is 2.80 bits per heavy atom. The number of halogens is 4. The molecule has 30 heavy (non-hydrogen) atoms. The summed E-state index contributed by atoms with van der Waals surface area (Å²) in [5.41, 5.74) is 1.65. The number of nitrogens with one attached hydrogen (secondary N) is 2. The third-order valence-corrected chi connectivity index (χ3v) is 4.04. The van der Waals surface area contributed by atoms with Crippen LogP contribution in [0.4, 0.5) is 35.0 Å². The van der Waals surface area contributed by atoms with Gasteiger partial charge in [0, 0.05) is 25.0 Å². The molecule has 0 unspecified atom stereocenters. The van der Waals surface area contributed by atoms with E-state index in [-0.39, 0.29) is 23.9 Å². The third kappa shape index (κ3) is 5.86. The minimum absolute atomic E-state index is 0.0215. The molecule has 0 spiro atoms. The van der Waals surface area contributed by atoms with Crippen LogP contribution in [0.3, 0.4) is 0 Å². The van der Waals surface area contributed by atoms with E-state index in [2.05, 4.69) is 25.8 Å². The Bertz CT molecular complexity index is 916. The maximum atomic E-state index is 14.0. The molecule has 0 bridgehead atoms. The smallest absolute Gasteiger partial charge is 0.378 e. The number of aromatic nitrogens is 2. The van der Waals surface area contributed by atoms with E-state index in [4.69, 9.17) is 4.74 Å². The second kappa shape index (κ2) is 9.48. The average molecular weight is 426 g/mol. The van der Waals surface area contributed by atoms with E-state index in [1.165, 1.54) is 18.3 Å². The summed E-state index contributed by atoms with van der Waals surface area (Å²) >= 11 is 0. The largest absolute Gasteiger partial charge is 0.416 e. The van der Waals surface area contributed by atoms with Gasteiger partial charge >= 0.3 is 6.18 Å². The number of nitrogens with zero attached hydrogens (tertiary/aromatic N) is 4. The number of alkyl halides is 3. The highest BCUT2D eigenvalue weighted by Crippen LogP contribution is 2.30. The van der Waals surface area contributed by atoms with Gasteiger partial charge in [-0.15, -0.1) is 0 Å². The van der Waals surface area contributed by atoms with Gasteiger partial charge in [-0.2, -0.15) is 23.3 Å². The highest BCUT2D eigenvalue weighted by molar-refractivity contribution is 5.99. The predicted molar refractivity (Wildman–Crippen MR) is 102 cm³/mol. The van der Waals surface area contributed by atoms with Crippen LogP contribution in [0.25, 0.3) is 0 Å². The zero-order valence-electron chi connectivity index (χ0n) is 15.6. The van der Waals surface area contributed by atoms with E-state index in [0.717, 1.165) is 18.3 Å². The third-order valence-electron chi connectivity index (χ3n) is 4.04. The minimum atomic E-state index is -4.50. The SMILES string of the molecule is O=C(CC=NNc1ncc(F)c(N2CCOCC2)n1)Nc1cccc(C(F)(F)F)c1. The Hall–Kier alpha value is -3.28. The molecule has 1 aliphatic rings. The van der Waals surface area contributed by atoms with Crippen molar-refractivity contribution in [2.75, 3.05) is 41.9 Å². The molecule has 0 aliphatic carbocycles. The van der Waals surface area contributed by atoms with Crippen molar-refractivity contribution in [1.29, 1.82) is 0 Å². The molecule has 1 aliphatic heterocycles. The van der Waals surface area contributed by atoms with Gasteiger partial charge < -0.3 is 15.0 Å². The number of morpholine rings is 1. The number of ether oxygens (including phenoxy) is 1. The molecule has 1 aromatic carbocycles. The highest BCUT2D eigenvalue weighted by Gasteiger charge is 2.30. The molecule has 12 heteroatoms. The maximum Gasteiger partial charge on any atom is 0.416 e. The lowest BCUT2D eigenvalue weighted by Crippen LogP contribution is -2.37. The fraction of sp³-hybridized carbons (Fsp3) is 0.333. The fourth-order valence-corrected chi connectivity index (χ4v) is 2.63. The maximum absolute atomic E-state index is 14.0. The number of carbonyl (C=O) groups is 1. The standard InChI is InChI=1S/C18H18F4N6O2/c19-14-11-23-17(26-16(14)28-6-8-30-9-7-28)27-24-5-4-15(29)25-13-3-1-2-12(10-13)18(20,21)22/h1-3,5,10-11H,4,6-9H2,(H,25,29)(H,23,26,27). The van der Waals surface area contributed by atoms with Crippen LogP contribution in [-0.4, -0.2) is 48.4 Å². The number of amides is 1. The van der Waals surface area contributed by atoms with Crippen LogP contribution in [0.1, 0.15) is 12.0 Å². The first-order valence-corrected chi connectivity index (χ1v) is 8.93. The molecule has 1 amide bonds. The zero-order valence-corrected chi connectivity index (χ0v) is 15.6. The zero-order chi connectivity index (χ0) is 21.6. The lowest BCUT2D eigenvalue weighted by atomic mass is 10.2. The summed E-state index contributed by atoms with van der Waals surface area (Å²) < 4.78 is 57.3. The number of benzene rings is 1. The van der Waals surface area contributed by atoms with Gasteiger partial charge in [0.05, 0.1) is 31.4 Å². The van der Waals surface area contributed by atoms with Gasteiger partial charge in [0.25, 0.3) is 0 Å². The molecule has 2 heterocycles. The summed E-state index contributed by atoms with van der Waals surface area (Å²) in [6.07, 6.45) is -2.50. The number of hydrogen-bond acceptors (Lipinski definition) is 7. The van der Waals surface area contributed by atoms with Gasteiger partial charge in [0.1, 0.15) is 0 Å². The molecule has 0 saturated carbocycles. The second-order valence-corrected chi connectivity index (χ2v) is 6.22.